The molecule has 1 fully saturated rings. The number of esters is 1. The fourth-order valence-corrected chi connectivity index (χ4v) is 3.58. The van der Waals surface area contributed by atoms with E-state index in [1.54, 1.807) is 35.1 Å². The maximum absolute atomic E-state index is 12.8. The van der Waals surface area contributed by atoms with Crippen molar-refractivity contribution in [3.05, 3.63) is 23.8 Å². The van der Waals surface area contributed by atoms with E-state index >= 15 is 0 Å². The van der Waals surface area contributed by atoms with E-state index in [0.29, 0.717) is 55.4 Å². The molecular formula is C19H26N2O6S. The van der Waals surface area contributed by atoms with Crippen molar-refractivity contribution in [2.24, 2.45) is 0 Å². The summed E-state index contributed by atoms with van der Waals surface area (Å²) in [4.78, 5) is 39.6. The van der Waals surface area contributed by atoms with E-state index in [4.69, 9.17) is 9.47 Å². The monoisotopic (exact) mass is 410 g/mol. The number of piperazine rings is 1. The normalized spacial score (nSPS) is 13.8. The molecule has 1 aromatic carbocycles. The number of hydrogen-bond acceptors (Lipinski definition) is 7. The van der Waals surface area contributed by atoms with Crippen LogP contribution >= 0.6 is 11.8 Å². The molecule has 1 heterocycles. The second-order valence-electron chi connectivity index (χ2n) is 6.12. The van der Waals surface area contributed by atoms with Crippen LogP contribution < -0.4 is 9.47 Å². The Labute approximate surface area is 169 Å². The number of methoxy groups -OCH3 is 3. The summed E-state index contributed by atoms with van der Waals surface area (Å²) in [6.07, 6.45) is 0.363. The van der Waals surface area contributed by atoms with Crippen LogP contribution in [0.4, 0.5) is 0 Å². The summed E-state index contributed by atoms with van der Waals surface area (Å²) in [7, 11) is 4.41. The second-order valence-corrected chi connectivity index (χ2v) is 7.22. The van der Waals surface area contributed by atoms with Gasteiger partial charge >= 0.3 is 5.97 Å². The standard InChI is InChI=1S/C19H26N2O6S/c1-25-14-4-5-15(16(12-14)26-2)19(24)21-9-7-20(8-10-21)17(22)6-11-28-13-18(23)27-3/h4-5,12H,6-11,13H2,1-3H3. The fraction of sp³-hybridized carbons (Fsp3) is 0.526. The Hall–Kier alpha value is -2.42. The molecule has 154 valence electrons. The zero-order valence-electron chi connectivity index (χ0n) is 16.4. The van der Waals surface area contributed by atoms with Crippen LogP contribution in [0.2, 0.25) is 0 Å². The number of nitrogens with zero attached hydrogens (tertiary/aromatic N) is 2. The number of rotatable bonds is 8. The van der Waals surface area contributed by atoms with E-state index in [1.807, 2.05) is 0 Å². The molecule has 0 bridgehead atoms. The highest BCUT2D eigenvalue weighted by atomic mass is 32.2. The van der Waals surface area contributed by atoms with Crippen LogP contribution in [-0.4, -0.2) is 86.6 Å². The lowest BCUT2D eigenvalue weighted by atomic mass is 10.1. The third-order valence-electron chi connectivity index (χ3n) is 4.47. The van der Waals surface area contributed by atoms with E-state index in [9.17, 15) is 14.4 Å². The summed E-state index contributed by atoms with van der Waals surface area (Å²) in [5.74, 6) is 1.51. The number of ether oxygens (including phenoxy) is 3. The molecule has 1 aliphatic rings. The van der Waals surface area contributed by atoms with Crippen molar-refractivity contribution >= 4 is 29.5 Å². The van der Waals surface area contributed by atoms with Crippen LogP contribution in [0.1, 0.15) is 16.8 Å². The van der Waals surface area contributed by atoms with Gasteiger partial charge in [0.1, 0.15) is 11.5 Å². The zero-order valence-corrected chi connectivity index (χ0v) is 17.3. The average molecular weight is 410 g/mol. The Bertz CT molecular complexity index is 704. The van der Waals surface area contributed by atoms with Crippen molar-refractivity contribution < 1.29 is 28.6 Å². The molecule has 1 aliphatic heterocycles. The van der Waals surface area contributed by atoms with E-state index in [1.165, 1.54) is 26.0 Å². The lowest BCUT2D eigenvalue weighted by Crippen LogP contribution is -2.50. The van der Waals surface area contributed by atoms with Crippen molar-refractivity contribution in [2.45, 2.75) is 6.42 Å². The second kappa shape index (κ2) is 10.8. The van der Waals surface area contributed by atoms with Crippen LogP contribution in [0.5, 0.6) is 11.5 Å². The first-order valence-corrected chi connectivity index (χ1v) is 10.1. The average Bonchev–Trinajstić information content (AvgIpc) is 2.75. The largest absolute Gasteiger partial charge is 0.497 e. The highest BCUT2D eigenvalue weighted by Gasteiger charge is 2.26. The van der Waals surface area contributed by atoms with E-state index in [2.05, 4.69) is 4.74 Å². The van der Waals surface area contributed by atoms with Gasteiger partial charge in [0.15, 0.2) is 0 Å². The molecule has 2 rings (SSSR count). The highest BCUT2D eigenvalue weighted by molar-refractivity contribution is 7.99. The van der Waals surface area contributed by atoms with Crippen molar-refractivity contribution in [3.8, 4) is 11.5 Å². The van der Waals surface area contributed by atoms with Gasteiger partial charge in [-0.1, -0.05) is 0 Å². The summed E-state index contributed by atoms with van der Waals surface area (Å²) < 4.78 is 15.0. The van der Waals surface area contributed by atoms with Gasteiger partial charge in [0, 0.05) is 44.4 Å². The van der Waals surface area contributed by atoms with Gasteiger partial charge in [-0.05, 0) is 12.1 Å². The van der Waals surface area contributed by atoms with E-state index in [0.717, 1.165) is 0 Å². The first-order valence-electron chi connectivity index (χ1n) is 8.93. The van der Waals surface area contributed by atoms with Crippen LogP contribution in [0.15, 0.2) is 18.2 Å². The molecule has 2 amide bonds. The molecule has 9 heteroatoms. The van der Waals surface area contributed by atoms with E-state index in [-0.39, 0.29) is 23.5 Å². The van der Waals surface area contributed by atoms with Gasteiger partial charge < -0.3 is 24.0 Å². The molecule has 8 nitrogen and oxygen atoms in total. The summed E-state index contributed by atoms with van der Waals surface area (Å²) in [5.41, 5.74) is 0.474. The lowest BCUT2D eigenvalue weighted by molar-refractivity contribution is -0.137. The molecule has 0 unspecified atom stereocenters. The van der Waals surface area contributed by atoms with Crippen molar-refractivity contribution in [2.75, 3.05) is 59.0 Å². The molecule has 0 aliphatic carbocycles. The molecule has 0 N–H and O–H groups in total. The smallest absolute Gasteiger partial charge is 0.315 e. The number of thioether (sulfide) groups is 1. The number of hydrogen-bond donors (Lipinski definition) is 0. The molecule has 0 aromatic heterocycles. The Balaban J connectivity index is 1.83. The van der Waals surface area contributed by atoms with Gasteiger partial charge in [0.2, 0.25) is 5.91 Å². The molecule has 0 saturated carbocycles. The zero-order chi connectivity index (χ0) is 20.5. The molecule has 0 radical (unpaired) electrons. The Morgan fingerprint density at radius 3 is 2.29 bits per heavy atom. The third kappa shape index (κ3) is 5.79. The van der Waals surface area contributed by atoms with Gasteiger partial charge in [0.05, 0.1) is 32.6 Å². The van der Waals surface area contributed by atoms with Gasteiger partial charge in [-0.3, -0.25) is 14.4 Å². The Morgan fingerprint density at radius 1 is 1.00 bits per heavy atom. The third-order valence-corrected chi connectivity index (χ3v) is 5.40. The minimum atomic E-state index is -0.293. The number of amides is 2. The fourth-order valence-electron chi connectivity index (χ4n) is 2.84. The molecule has 1 aromatic rings. The predicted molar refractivity (Wildman–Crippen MR) is 106 cm³/mol. The molecule has 28 heavy (non-hydrogen) atoms. The first-order chi connectivity index (χ1) is 13.5. The maximum atomic E-state index is 12.8. The summed E-state index contributed by atoms with van der Waals surface area (Å²) >= 11 is 1.38. The summed E-state index contributed by atoms with van der Waals surface area (Å²) in [6.45, 7) is 1.92. The minimum Gasteiger partial charge on any atom is -0.497 e. The van der Waals surface area contributed by atoms with Gasteiger partial charge in [0.25, 0.3) is 5.91 Å². The molecule has 1 saturated heterocycles. The lowest BCUT2D eigenvalue weighted by Gasteiger charge is -2.35. The highest BCUT2D eigenvalue weighted by Crippen LogP contribution is 2.26. The minimum absolute atomic E-state index is 0.0338. The summed E-state index contributed by atoms with van der Waals surface area (Å²) in [5, 5.41) is 0. The topological polar surface area (TPSA) is 85.4 Å². The summed E-state index contributed by atoms with van der Waals surface area (Å²) in [6, 6.07) is 5.09. The van der Waals surface area contributed by atoms with Crippen molar-refractivity contribution in [3.63, 3.8) is 0 Å². The van der Waals surface area contributed by atoms with Crippen LogP contribution in [0.25, 0.3) is 0 Å². The van der Waals surface area contributed by atoms with Crippen LogP contribution in [-0.2, 0) is 14.3 Å². The molecule has 0 spiro atoms. The Kier molecular flexibility index (Phi) is 8.43. The SMILES string of the molecule is COC(=O)CSCCC(=O)N1CCN(C(=O)c2ccc(OC)cc2OC)CC1. The maximum Gasteiger partial charge on any atom is 0.315 e. The first kappa shape index (κ1) is 21.9. The van der Waals surface area contributed by atoms with Gasteiger partial charge in [-0.2, -0.15) is 0 Å². The van der Waals surface area contributed by atoms with Crippen molar-refractivity contribution in [1.82, 2.24) is 9.80 Å². The molecule has 0 atom stereocenters. The van der Waals surface area contributed by atoms with Gasteiger partial charge in [-0.15, -0.1) is 11.8 Å². The number of carbonyl (C=O) groups is 3. The predicted octanol–water partition coefficient (Wildman–Crippen LogP) is 1.28. The van der Waals surface area contributed by atoms with Crippen LogP contribution in [0, 0.1) is 0 Å². The number of benzene rings is 1. The quantitative estimate of drug-likeness (QED) is 0.471. The molecular weight excluding hydrogens is 384 g/mol. The van der Waals surface area contributed by atoms with Crippen LogP contribution in [0.3, 0.4) is 0 Å². The van der Waals surface area contributed by atoms with Crippen molar-refractivity contribution in [1.29, 1.82) is 0 Å². The van der Waals surface area contributed by atoms with Gasteiger partial charge in [-0.25, -0.2) is 0 Å². The number of carbonyl (C=O) groups excluding carboxylic acids is 3. The Morgan fingerprint density at radius 2 is 1.68 bits per heavy atom. The van der Waals surface area contributed by atoms with E-state index < -0.39 is 0 Å².